The Bertz CT molecular complexity index is 333. The molecule has 0 radical (unpaired) electrons. The third kappa shape index (κ3) is 2.23. The quantitative estimate of drug-likeness (QED) is 0.678. The first-order valence-electron chi connectivity index (χ1n) is 4.60. The highest BCUT2D eigenvalue weighted by Gasteiger charge is 2.31. The van der Waals surface area contributed by atoms with E-state index in [2.05, 4.69) is 5.32 Å². The van der Waals surface area contributed by atoms with Crippen molar-refractivity contribution >= 4 is 10.0 Å². The summed E-state index contributed by atoms with van der Waals surface area (Å²) in [6, 6.07) is 1.92. The van der Waals surface area contributed by atoms with Crippen LogP contribution in [0.3, 0.4) is 0 Å². The zero-order valence-electron chi connectivity index (χ0n) is 8.40. The Morgan fingerprint density at radius 2 is 2.29 bits per heavy atom. The summed E-state index contributed by atoms with van der Waals surface area (Å²) in [5.74, 6) is 0. The highest BCUT2D eigenvalue weighted by molar-refractivity contribution is 7.89. The van der Waals surface area contributed by atoms with Crippen molar-refractivity contribution in [2.75, 3.05) is 19.6 Å². The highest BCUT2D eigenvalue weighted by atomic mass is 32.2. The molecule has 0 spiro atoms. The van der Waals surface area contributed by atoms with Crippen LogP contribution in [0.5, 0.6) is 0 Å². The second-order valence-electron chi connectivity index (χ2n) is 3.53. The van der Waals surface area contributed by atoms with E-state index in [-0.39, 0.29) is 6.04 Å². The lowest BCUT2D eigenvalue weighted by Gasteiger charge is -2.31. The van der Waals surface area contributed by atoms with Crippen LogP contribution in [0.2, 0.25) is 0 Å². The van der Waals surface area contributed by atoms with Crippen LogP contribution in [0.15, 0.2) is 0 Å². The molecule has 1 aliphatic heterocycles. The Morgan fingerprint density at radius 1 is 1.64 bits per heavy atom. The van der Waals surface area contributed by atoms with Gasteiger partial charge in [-0.05, 0) is 13.8 Å². The first-order valence-corrected chi connectivity index (χ1v) is 6.10. The number of nitrogens with zero attached hydrogens (tertiary/aromatic N) is 2. The molecule has 6 heteroatoms. The van der Waals surface area contributed by atoms with Crippen molar-refractivity contribution in [1.82, 2.24) is 9.62 Å². The summed E-state index contributed by atoms with van der Waals surface area (Å²) in [6.45, 7) is 4.91. The summed E-state index contributed by atoms with van der Waals surface area (Å²) < 4.78 is 24.9. The van der Waals surface area contributed by atoms with E-state index >= 15 is 0 Å². The van der Waals surface area contributed by atoms with Gasteiger partial charge in [0.25, 0.3) is 0 Å². The Labute approximate surface area is 84.8 Å². The minimum absolute atomic E-state index is 0.157. The second kappa shape index (κ2) is 4.26. The average Bonchev–Trinajstić information content (AvgIpc) is 2.16. The lowest BCUT2D eigenvalue weighted by atomic mass is 10.3. The summed E-state index contributed by atoms with van der Waals surface area (Å²) in [5, 5.41) is 10.8. The maximum Gasteiger partial charge on any atom is 0.230 e. The maximum absolute atomic E-state index is 11.7. The number of rotatable bonds is 2. The molecule has 2 atom stereocenters. The summed E-state index contributed by atoms with van der Waals surface area (Å²) in [5.41, 5.74) is 0. The van der Waals surface area contributed by atoms with Gasteiger partial charge in [-0.15, -0.1) is 0 Å². The Balaban J connectivity index is 2.78. The maximum atomic E-state index is 11.7. The zero-order valence-corrected chi connectivity index (χ0v) is 9.21. The standard InChI is InChI=1S/C8H15N3O2S/c1-7-6-11(4-3-10-7)14(12,13)8(2)5-9/h7-8,10H,3-4,6H2,1-2H3/t7-,8?/m1/s1. The van der Waals surface area contributed by atoms with Crippen LogP contribution >= 0.6 is 0 Å². The molecular formula is C8H15N3O2S. The lowest BCUT2D eigenvalue weighted by molar-refractivity contribution is 0.309. The van der Waals surface area contributed by atoms with Gasteiger partial charge >= 0.3 is 0 Å². The molecule has 0 aromatic heterocycles. The molecule has 0 bridgehead atoms. The van der Waals surface area contributed by atoms with Gasteiger partial charge in [0.15, 0.2) is 5.25 Å². The van der Waals surface area contributed by atoms with Crippen LogP contribution in [0, 0.1) is 11.3 Å². The lowest BCUT2D eigenvalue weighted by Crippen LogP contribution is -2.52. The van der Waals surface area contributed by atoms with Crippen molar-refractivity contribution in [2.45, 2.75) is 25.1 Å². The summed E-state index contributed by atoms with van der Waals surface area (Å²) in [6.07, 6.45) is 0. The Hall–Kier alpha value is -0.640. The van der Waals surface area contributed by atoms with E-state index in [1.165, 1.54) is 11.2 Å². The fourth-order valence-corrected chi connectivity index (χ4v) is 2.78. The Morgan fingerprint density at radius 3 is 2.79 bits per heavy atom. The smallest absolute Gasteiger partial charge is 0.230 e. The molecule has 0 aromatic carbocycles. The van der Waals surface area contributed by atoms with E-state index in [9.17, 15) is 8.42 Å². The molecular weight excluding hydrogens is 202 g/mol. The van der Waals surface area contributed by atoms with Gasteiger partial charge in [-0.3, -0.25) is 0 Å². The molecule has 1 fully saturated rings. The molecule has 1 rings (SSSR count). The minimum atomic E-state index is -3.41. The van der Waals surface area contributed by atoms with Gasteiger partial charge in [-0.25, -0.2) is 8.42 Å². The van der Waals surface area contributed by atoms with Crippen molar-refractivity contribution in [1.29, 1.82) is 5.26 Å². The van der Waals surface area contributed by atoms with Crippen LogP contribution in [-0.2, 0) is 10.0 Å². The molecule has 1 unspecified atom stereocenters. The van der Waals surface area contributed by atoms with Crippen LogP contribution in [0.25, 0.3) is 0 Å². The fourth-order valence-electron chi connectivity index (χ4n) is 1.42. The van der Waals surface area contributed by atoms with E-state index in [1.807, 2.05) is 6.92 Å². The first kappa shape index (κ1) is 11.4. The highest BCUT2D eigenvalue weighted by Crippen LogP contribution is 2.11. The van der Waals surface area contributed by atoms with E-state index in [0.717, 1.165) is 0 Å². The molecule has 80 valence electrons. The molecule has 0 saturated carbocycles. The molecule has 1 saturated heterocycles. The van der Waals surface area contributed by atoms with Gasteiger partial charge in [0, 0.05) is 25.7 Å². The summed E-state index contributed by atoms with van der Waals surface area (Å²) in [4.78, 5) is 0. The minimum Gasteiger partial charge on any atom is -0.312 e. The van der Waals surface area contributed by atoms with Crippen LogP contribution in [0.1, 0.15) is 13.8 Å². The average molecular weight is 217 g/mol. The fraction of sp³-hybridized carbons (Fsp3) is 0.875. The summed E-state index contributed by atoms with van der Waals surface area (Å²) >= 11 is 0. The zero-order chi connectivity index (χ0) is 10.8. The molecule has 0 aliphatic carbocycles. The van der Waals surface area contributed by atoms with Crippen molar-refractivity contribution in [3.05, 3.63) is 0 Å². The van der Waals surface area contributed by atoms with Gasteiger partial charge in [0.2, 0.25) is 10.0 Å². The molecule has 1 heterocycles. The van der Waals surface area contributed by atoms with Crippen molar-refractivity contribution in [3.8, 4) is 6.07 Å². The monoisotopic (exact) mass is 217 g/mol. The topological polar surface area (TPSA) is 73.2 Å². The number of hydrogen-bond donors (Lipinski definition) is 1. The van der Waals surface area contributed by atoms with Crippen LogP contribution in [0.4, 0.5) is 0 Å². The first-order chi connectivity index (χ1) is 6.48. The second-order valence-corrected chi connectivity index (χ2v) is 5.78. The summed E-state index contributed by atoms with van der Waals surface area (Å²) in [7, 11) is -3.41. The number of hydrogen-bond acceptors (Lipinski definition) is 4. The molecule has 1 N–H and O–H groups in total. The molecule has 5 nitrogen and oxygen atoms in total. The van der Waals surface area contributed by atoms with E-state index in [1.54, 1.807) is 6.07 Å². The number of nitrogens with one attached hydrogen (secondary N) is 1. The van der Waals surface area contributed by atoms with Crippen molar-refractivity contribution in [2.24, 2.45) is 0 Å². The number of piperazine rings is 1. The number of nitriles is 1. The largest absolute Gasteiger partial charge is 0.312 e. The van der Waals surface area contributed by atoms with Gasteiger partial charge in [0.1, 0.15) is 0 Å². The Kier molecular flexibility index (Phi) is 3.48. The van der Waals surface area contributed by atoms with Crippen molar-refractivity contribution < 1.29 is 8.42 Å². The molecule has 0 amide bonds. The van der Waals surface area contributed by atoms with Gasteiger partial charge in [0.05, 0.1) is 6.07 Å². The molecule has 0 aromatic rings. The van der Waals surface area contributed by atoms with E-state index in [4.69, 9.17) is 5.26 Å². The predicted octanol–water partition coefficient (Wildman–Crippen LogP) is -0.478. The number of sulfonamides is 1. The third-order valence-corrected chi connectivity index (χ3v) is 4.37. The molecule has 14 heavy (non-hydrogen) atoms. The van der Waals surface area contributed by atoms with Gasteiger partial charge < -0.3 is 5.32 Å². The van der Waals surface area contributed by atoms with Gasteiger partial charge in [-0.1, -0.05) is 0 Å². The van der Waals surface area contributed by atoms with Crippen molar-refractivity contribution in [3.63, 3.8) is 0 Å². The van der Waals surface area contributed by atoms with Crippen LogP contribution < -0.4 is 5.32 Å². The third-order valence-electron chi connectivity index (χ3n) is 2.32. The predicted molar refractivity (Wildman–Crippen MR) is 53.0 cm³/mol. The normalized spacial score (nSPS) is 26.8. The molecule has 1 aliphatic rings. The van der Waals surface area contributed by atoms with Crippen LogP contribution in [-0.4, -0.2) is 43.6 Å². The SMILES string of the molecule is CC(C#N)S(=O)(=O)N1CCN[C@H](C)C1. The van der Waals surface area contributed by atoms with E-state index in [0.29, 0.717) is 19.6 Å². The van der Waals surface area contributed by atoms with E-state index < -0.39 is 15.3 Å². The van der Waals surface area contributed by atoms with Gasteiger partial charge in [-0.2, -0.15) is 9.57 Å².